The molecule has 0 amide bonds. The number of benzene rings is 10. The standard InChI is InChI=1S/C57H36N2/c1-3-13-37(14-4-1)39-23-27-41(28-24-39)55-46-18-8-9-19-47(46)56(42-29-25-40(26-30-42)38-15-5-2-6-16-38)51-36-43(31-33-48(51)55)44-32-34-53-50(35-44)45-17-7-10-20-49(45)57-58-52-21-11-12-22-54(52)59(53)57/h1-36H. The maximum atomic E-state index is 5.11. The molecule has 2 aromatic heterocycles. The van der Waals surface area contributed by atoms with Gasteiger partial charge in [-0.1, -0.05) is 188 Å². The Hall–Kier alpha value is -7.81. The summed E-state index contributed by atoms with van der Waals surface area (Å²) < 4.78 is 2.33. The van der Waals surface area contributed by atoms with Gasteiger partial charge in [-0.2, -0.15) is 0 Å². The molecule has 2 heteroatoms. The van der Waals surface area contributed by atoms with Crippen LogP contribution in [0.2, 0.25) is 0 Å². The molecule has 0 aliphatic heterocycles. The Balaban J connectivity index is 1.11. The summed E-state index contributed by atoms with van der Waals surface area (Å²) in [6.45, 7) is 0. The van der Waals surface area contributed by atoms with Crippen LogP contribution in [0.1, 0.15) is 0 Å². The minimum Gasteiger partial charge on any atom is -0.292 e. The molecule has 2 nitrogen and oxygen atoms in total. The van der Waals surface area contributed by atoms with E-state index >= 15 is 0 Å². The summed E-state index contributed by atoms with van der Waals surface area (Å²) in [6, 6.07) is 79.6. The fourth-order valence-corrected chi connectivity index (χ4v) is 9.39. The first kappa shape index (κ1) is 33.3. The number of pyridine rings is 1. The van der Waals surface area contributed by atoms with Crippen molar-refractivity contribution < 1.29 is 0 Å². The first-order chi connectivity index (χ1) is 29.3. The summed E-state index contributed by atoms with van der Waals surface area (Å²) in [7, 11) is 0. The van der Waals surface area contributed by atoms with E-state index in [1.165, 1.54) is 88.0 Å². The highest BCUT2D eigenvalue weighted by Gasteiger charge is 2.19. The molecule has 0 fully saturated rings. The third kappa shape index (κ3) is 5.38. The van der Waals surface area contributed by atoms with Gasteiger partial charge in [0.2, 0.25) is 0 Å². The molecule has 0 N–H and O–H groups in total. The van der Waals surface area contributed by atoms with Crippen LogP contribution in [0.3, 0.4) is 0 Å². The molecule has 12 aromatic rings. The summed E-state index contributed by atoms with van der Waals surface area (Å²) in [6.07, 6.45) is 0. The molecule has 0 aliphatic carbocycles. The summed E-state index contributed by atoms with van der Waals surface area (Å²) in [5, 5.41) is 8.53. The van der Waals surface area contributed by atoms with E-state index in [9.17, 15) is 0 Å². The Morgan fingerprint density at radius 3 is 1.31 bits per heavy atom. The summed E-state index contributed by atoms with van der Waals surface area (Å²) in [4.78, 5) is 5.11. The molecular weight excluding hydrogens is 713 g/mol. The SMILES string of the molecule is c1ccc(-c2ccc(-c3c4ccccc4c(-c4ccc(-c5ccccc5)cc4)c4cc(-c5ccc6c(c5)c5ccccc5c5nc7ccccc7n65)ccc34)cc2)cc1. The van der Waals surface area contributed by atoms with Crippen LogP contribution >= 0.6 is 0 Å². The van der Waals surface area contributed by atoms with Gasteiger partial charge in [0.1, 0.15) is 5.65 Å². The largest absolute Gasteiger partial charge is 0.292 e. The van der Waals surface area contributed by atoms with Crippen molar-refractivity contribution in [2.75, 3.05) is 0 Å². The highest BCUT2D eigenvalue weighted by atomic mass is 15.0. The number of imidazole rings is 1. The smallest absolute Gasteiger partial charge is 0.146 e. The van der Waals surface area contributed by atoms with Crippen molar-refractivity contribution in [3.05, 3.63) is 218 Å². The molecule has 0 aliphatic rings. The molecule has 0 spiro atoms. The number of fused-ring (bicyclic) bond motifs is 10. The highest BCUT2D eigenvalue weighted by Crippen LogP contribution is 2.46. The summed E-state index contributed by atoms with van der Waals surface area (Å²) in [5.41, 5.74) is 16.4. The number of nitrogens with zero attached hydrogens (tertiary/aromatic N) is 2. The van der Waals surface area contributed by atoms with Gasteiger partial charge in [-0.3, -0.25) is 4.40 Å². The number of hydrogen-bond donors (Lipinski definition) is 0. The highest BCUT2D eigenvalue weighted by molar-refractivity contribution is 6.22. The van der Waals surface area contributed by atoms with Crippen LogP contribution in [0.25, 0.3) is 116 Å². The lowest BCUT2D eigenvalue weighted by Gasteiger charge is -2.19. The summed E-state index contributed by atoms with van der Waals surface area (Å²) >= 11 is 0. The van der Waals surface area contributed by atoms with Crippen LogP contribution < -0.4 is 0 Å². The molecule has 0 saturated heterocycles. The fourth-order valence-electron chi connectivity index (χ4n) is 9.39. The van der Waals surface area contributed by atoms with Gasteiger partial charge in [0.05, 0.1) is 16.6 Å². The number of hydrogen-bond acceptors (Lipinski definition) is 1. The minimum atomic E-state index is 0.992. The quantitative estimate of drug-likeness (QED) is 0.127. The van der Waals surface area contributed by atoms with Crippen molar-refractivity contribution in [3.63, 3.8) is 0 Å². The van der Waals surface area contributed by atoms with E-state index < -0.39 is 0 Å². The van der Waals surface area contributed by atoms with Crippen molar-refractivity contribution in [1.82, 2.24) is 9.38 Å². The lowest BCUT2D eigenvalue weighted by molar-refractivity contribution is 1.31. The van der Waals surface area contributed by atoms with Gasteiger partial charge in [-0.15, -0.1) is 0 Å². The fraction of sp³-hybridized carbons (Fsp3) is 0. The van der Waals surface area contributed by atoms with E-state index in [1.54, 1.807) is 0 Å². The molecule has 2 heterocycles. The van der Waals surface area contributed by atoms with Gasteiger partial charge in [0.15, 0.2) is 0 Å². The normalized spacial score (nSPS) is 11.7. The van der Waals surface area contributed by atoms with Crippen molar-refractivity contribution in [2.24, 2.45) is 0 Å². The zero-order chi connectivity index (χ0) is 38.9. The van der Waals surface area contributed by atoms with Crippen LogP contribution in [0.4, 0.5) is 0 Å². The van der Waals surface area contributed by atoms with Crippen LogP contribution in [-0.2, 0) is 0 Å². The number of aromatic nitrogens is 2. The van der Waals surface area contributed by atoms with Gasteiger partial charge >= 0.3 is 0 Å². The Morgan fingerprint density at radius 2 is 0.678 bits per heavy atom. The second kappa shape index (κ2) is 13.4. The van der Waals surface area contributed by atoms with Crippen LogP contribution in [0, 0.1) is 0 Å². The number of para-hydroxylation sites is 2. The molecule has 10 aromatic carbocycles. The van der Waals surface area contributed by atoms with E-state index in [-0.39, 0.29) is 0 Å². The zero-order valence-electron chi connectivity index (χ0n) is 32.2. The first-order valence-electron chi connectivity index (χ1n) is 20.3. The second-order valence-electron chi connectivity index (χ2n) is 15.5. The first-order valence-corrected chi connectivity index (χ1v) is 20.3. The molecule has 0 radical (unpaired) electrons. The summed E-state index contributed by atoms with van der Waals surface area (Å²) in [5.74, 6) is 0. The molecule has 59 heavy (non-hydrogen) atoms. The minimum absolute atomic E-state index is 0.992. The van der Waals surface area contributed by atoms with Crippen molar-refractivity contribution in [3.8, 4) is 55.6 Å². The third-order valence-electron chi connectivity index (χ3n) is 12.2. The molecule has 0 atom stereocenters. The van der Waals surface area contributed by atoms with Crippen molar-refractivity contribution in [2.45, 2.75) is 0 Å². The Morgan fingerprint density at radius 1 is 0.254 bits per heavy atom. The van der Waals surface area contributed by atoms with Gasteiger partial charge in [-0.25, -0.2) is 4.98 Å². The monoisotopic (exact) mass is 748 g/mol. The zero-order valence-corrected chi connectivity index (χ0v) is 32.2. The maximum absolute atomic E-state index is 5.11. The van der Waals surface area contributed by atoms with Crippen LogP contribution in [-0.4, -0.2) is 9.38 Å². The Bertz CT molecular complexity index is 3560. The predicted octanol–water partition coefficient (Wildman–Crippen LogP) is 15.4. The van der Waals surface area contributed by atoms with Gasteiger partial charge in [0.25, 0.3) is 0 Å². The van der Waals surface area contributed by atoms with Crippen LogP contribution in [0.15, 0.2) is 218 Å². The molecule has 0 unspecified atom stereocenters. The topological polar surface area (TPSA) is 17.3 Å². The number of rotatable bonds is 5. The van der Waals surface area contributed by atoms with E-state index in [0.29, 0.717) is 0 Å². The third-order valence-corrected chi connectivity index (χ3v) is 12.2. The second-order valence-corrected chi connectivity index (χ2v) is 15.5. The lowest BCUT2D eigenvalue weighted by Crippen LogP contribution is -1.93. The molecular formula is C57H36N2. The van der Waals surface area contributed by atoms with E-state index in [2.05, 4.69) is 223 Å². The molecule has 12 rings (SSSR count). The Kier molecular flexibility index (Phi) is 7.57. The van der Waals surface area contributed by atoms with Crippen LogP contribution in [0.5, 0.6) is 0 Å². The van der Waals surface area contributed by atoms with Gasteiger partial charge in [-0.05, 0) is 113 Å². The van der Waals surface area contributed by atoms with E-state index in [1.807, 2.05) is 0 Å². The van der Waals surface area contributed by atoms with E-state index in [4.69, 9.17) is 4.98 Å². The lowest BCUT2D eigenvalue weighted by atomic mass is 9.84. The average Bonchev–Trinajstić information content (AvgIpc) is 3.71. The molecule has 274 valence electrons. The Labute approximate surface area is 341 Å². The predicted molar refractivity (Wildman–Crippen MR) is 250 cm³/mol. The average molecular weight is 749 g/mol. The van der Waals surface area contributed by atoms with Gasteiger partial charge < -0.3 is 0 Å². The van der Waals surface area contributed by atoms with Crippen molar-refractivity contribution >= 4 is 59.9 Å². The van der Waals surface area contributed by atoms with Gasteiger partial charge in [0, 0.05) is 10.8 Å². The molecule has 0 saturated carbocycles. The van der Waals surface area contributed by atoms with E-state index in [0.717, 1.165) is 27.6 Å². The van der Waals surface area contributed by atoms with Crippen molar-refractivity contribution in [1.29, 1.82) is 0 Å². The molecule has 0 bridgehead atoms. The maximum Gasteiger partial charge on any atom is 0.146 e.